The Morgan fingerprint density at radius 3 is 2.54 bits per heavy atom. The number of para-hydroxylation sites is 1. The predicted molar refractivity (Wildman–Crippen MR) is 136 cm³/mol. The van der Waals surface area contributed by atoms with Gasteiger partial charge in [-0.3, -0.25) is 4.68 Å². The lowest BCUT2D eigenvalue weighted by molar-refractivity contribution is 0.142. The van der Waals surface area contributed by atoms with Gasteiger partial charge in [-0.25, -0.2) is 4.79 Å². The highest BCUT2D eigenvalue weighted by atomic mass is 16.7. The smallest absolute Gasteiger partial charge is 0.493 e. The molecule has 7 nitrogen and oxygen atoms in total. The Kier molecular flexibility index (Phi) is 5.91. The zero-order chi connectivity index (χ0) is 24.5. The minimum atomic E-state index is -1.35. The van der Waals surface area contributed by atoms with E-state index in [9.17, 15) is 9.90 Å². The molecule has 0 unspecified atom stereocenters. The summed E-state index contributed by atoms with van der Waals surface area (Å²) in [4.78, 5) is 14.7. The van der Waals surface area contributed by atoms with Gasteiger partial charge in [0.2, 0.25) is 5.88 Å². The lowest BCUT2D eigenvalue weighted by atomic mass is 9.99. The van der Waals surface area contributed by atoms with Gasteiger partial charge in [0.05, 0.1) is 17.8 Å². The van der Waals surface area contributed by atoms with Crippen molar-refractivity contribution in [3.63, 3.8) is 0 Å². The molecule has 178 valence electrons. The molecular formula is C28H27N3O4. The minimum Gasteiger partial charge on any atom is -0.493 e. The van der Waals surface area contributed by atoms with Gasteiger partial charge in [0, 0.05) is 40.2 Å². The van der Waals surface area contributed by atoms with E-state index in [4.69, 9.17) is 9.47 Å². The SMILES string of the molecule is Cc1nn(C)c(C)c1-c1cccc2c(CCCOc3cccc4ccccc34)c(OC(=O)O)[nH]c12. The Morgan fingerprint density at radius 2 is 1.77 bits per heavy atom. The van der Waals surface area contributed by atoms with E-state index in [1.165, 1.54) is 0 Å². The molecule has 0 bridgehead atoms. The van der Waals surface area contributed by atoms with E-state index in [2.05, 4.69) is 22.2 Å². The number of benzene rings is 3. The van der Waals surface area contributed by atoms with E-state index in [0.29, 0.717) is 19.4 Å². The van der Waals surface area contributed by atoms with Crippen LogP contribution in [0.15, 0.2) is 60.7 Å². The summed E-state index contributed by atoms with van der Waals surface area (Å²) >= 11 is 0. The van der Waals surface area contributed by atoms with E-state index in [1.54, 1.807) is 0 Å². The second kappa shape index (κ2) is 9.18. The van der Waals surface area contributed by atoms with Gasteiger partial charge in [-0.1, -0.05) is 54.6 Å². The summed E-state index contributed by atoms with van der Waals surface area (Å²) in [5.74, 6) is 1.10. The van der Waals surface area contributed by atoms with Crippen molar-refractivity contribution in [3.8, 4) is 22.8 Å². The molecule has 2 N–H and O–H groups in total. The molecule has 2 aromatic heterocycles. The van der Waals surface area contributed by atoms with Crippen LogP contribution in [0.3, 0.4) is 0 Å². The molecule has 7 heteroatoms. The average Bonchev–Trinajstić information content (AvgIpc) is 3.31. The molecule has 0 amide bonds. The summed E-state index contributed by atoms with van der Waals surface area (Å²) in [5, 5.41) is 17.0. The molecule has 0 saturated carbocycles. The quantitative estimate of drug-likeness (QED) is 0.212. The Hall–Kier alpha value is -4.26. The van der Waals surface area contributed by atoms with Crippen LogP contribution in [0.1, 0.15) is 23.4 Å². The number of hydrogen-bond donors (Lipinski definition) is 2. The number of rotatable bonds is 7. The summed E-state index contributed by atoms with van der Waals surface area (Å²) < 4.78 is 13.1. The van der Waals surface area contributed by atoms with Gasteiger partial charge < -0.3 is 19.6 Å². The van der Waals surface area contributed by atoms with Crippen molar-refractivity contribution in [3.05, 3.63) is 77.6 Å². The lowest BCUT2D eigenvalue weighted by Crippen LogP contribution is -2.06. The number of H-pyrrole nitrogens is 1. The zero-order valence-corrected chi connectivity index (χ0v) is 20.0. The predicted octanol–water partition coefficient (Wildman–Crippen LogP) is 6.41. The normalized spacial score (nSPS) is 11.3. The van der Waals surface area contributed by atoms with Crippen molar-refractivity contribution < 1.29 is 19.4 Å². The Bertz CT molecular complexity index is 1540. The van der Waals surface area contributed by atoms with Crippen LogP contribution >= 0.6 is 0 Å². The molecule has 0 fully saturated rings. The van der Waals surface area contributed by atoms with Gasteiger partial charge in [0.25, 0.3) is 0 Å². The first-order chi connectivity index (χ1) is 16.9. The number of aromatic nitrogens is 3. The van der Waals surface area contributed by atoms with E-state index < -0.39 is 6.16 Å². The fourth-order valence-electron chi connectivity index (χ4n) is 4.80. The Balaban J connectivity index is 1.44. The number of carboxylic acid groups (broad SMARTS) is 1. The van der Waals surface area contributed by atoms with Gasteiger partial charge in [0.15, 0.2) is 0 Å². The zero-order valence-electron chi connectivity index (χ0n) is 20.0. The Labute approximate surface area is 202 Å². The molecule has 35 heavy (non-hydrogen) atoms. The third kappa shape index (κ3) is 4.21. The van der Waals surface area contributed by atoms with Gasteiger partial charge in [-0.2, -0.15) is 5.10 Å². The topological polar surface area (TPSA) is 89.4 Å². The number of aromatic amines is 1. The molecule has 0 spiro atoms. The Morgan fingerprint density at radius 1 is 1.03 bits per heavy atom. The number of nitrogens with zero attached hydrogens (tertiary/aromatic N) is 2. The first kappa shape index (κ1) is 22.5. The fourth-order valence-corrected chi connectivity index (χ4v) is 4.80. The summed E-state index contributed by atoms with van der Waals surface area (Å²) in [7, 11) is 1.92. The number of aryl methyl sites for hydroxylation is 3. The third-order valence-electron chi connectivity index (χ3n) is 6.45. The summed E-state index contributed by atoms with van der Waals surface area (Å²) in [5.41, 5.74) is 5.62. The second-order valence-corrected chi connectivity index (χ2v) is 8.63. The average molecular weight is 470 g/mol. The van der Waals surface area contributed by atoms with Crippen molar-refractivity contribution in [2.24, 2.45) is 7.05 Å². The van der Waals surface area contributed by atoms with E-state index in [-0.39, 0.29) is 5.88 Å². The van der Waals surface area contributed by atoms with Crippen LogP contribution in [0.4, 0.5) is 4.79 Å². The maximum Gasteiger partial charge on any atom is 0.512 e. The second-order valence-electron chi connectivity index (χ2n) is 8.63. The van der Waals surface area contributed by atoms with Crippen molar-refractivity contribution in [1.82, 2.24) is 14.8 Å². The molecule has 0 aliphatic rings. The molecule has 0 aliphatic heterocycles. The number of hydrogen-bond acceptors (Lipinski definition) is 4. The van der Waals surface area contributed by atoms with Crippen LogP contribution in [0.2, 0.25) is 0 Å². The van der Waals surface area contributed by atoms with Crippen LogP contribution in [-0.2, 0) is 13.5 Å². The highest BCUT2D eigenvalue weighted by Gasteiger charge is 2.21. The lowest BCUT2D eigenvalue weighted by Gasteiger charge is -2.10. The number of fused-ring (bicyclic) bond motifs is 2. The highest BCUT2D eigenvalue weighted by molar-refractivity contribution is 5.99. The third-order valence-corrected chi connectivity index (χ3v) is 6.45. The van der Waals surface area contributed by atoms with Crippen LogP contribution in [0, 0.1) is 13.8 Å². The fraction of sp³-hybridized carbons (Fsp3) is 0.214. The summed E-state index contributed by atoms with van der Waals surface area (Å²) in [6, 6.07) is 20.1. The molecular weight excluding hydrogens is 442 g/mol. The van der Waals surface area contributed by atoms with E-state index in [0.717, 1.165) is 55.5 Å². The molecule has 0 aliphatic carbocycles. The van der Waals surface area contributed by atoms with Crippen molar-refractivity contribution >= 4 is 27.8 Å². The number of carbonyl (C=O) groups is 1. The molecule has 2 heterocycles. The number of ether oxygens (including phenoxy) is 2. The first-order valence-electron chi connectivity index (χ1n) is 11.6. The standard InChI is InChI=1S/C28H27N3O4/c1-17-25(18(2)31(3)30-17)23-13-7-12-21-22(27(29-26(21)23)35-28(32)33)14-8-16-34-24-15-6-10-19-9-4-5-11-20(19)24/h4-7,9-13,15,29H,8,14,16H2,1-3H3,(H,32,33). The van der Waals surface area contributed by atoms with Crippen LogP contribution in [0.25, 0.3) is 32.8 Å². The minimum absolute atomic E-state index is 0.254. The van der Waals surface area contributed by atoms with Crippen molar-refractivity contribution in [1.29, 1.82) is 0 Å². The van der Waals surface area contributed by atoms with E-state index >= 15 is 0 Å². The van der Waals surface area contributed by atoms with Gasteiger partial charge in [0.1, 0.15) is 5.75 Å². The van der Waals surface area contributed by atoms with Gasteiger partial charge in [-0.05, 0) is 38.1 Å². The van der Waals surface area contributed by atoms with Crippen molar-refractivity contribution in [2.45, 2.75) is 26.7 Å². The number of nitrogens with one attached hydrogen (secondary N) is 1. The van der Waals surface area contributed by atoms with Gasteiger partial charge >= 0.3 is 6.16 Å². The van der Waals surface area contributed by atoms with Crippen LogP contribution < -0.4 is 9.47 Å². The molecule has 5 rings (SSSR count). The molecule has 0 atom stereocenters. The monoisotopic (exact) mass is 469 g/mol. The first-order valence-corrected chi connectivity index (χ1v) is 11.6. The molecule has 3 aromatic carbocycles. The van der Waals surface area contributed by atoms with Crippen LogP contribution in [0.5, 0.6) is 11.6 Å². The van der Waals surface area contributed by atoms with Crippen LogP contribution in [-0.4, -0.2) is 32.6 Å². The maximum atomic E-state index is 11.4. The molecule has 5 aromatic rings. The largest absolute Gasteiger partial charge is 0.512 e. The van der Waals surface area contributed by atoms with Crippen molar-refractivity contribution in [2.75, 3.05) is 6.61 Å². The molecule has 0 saturated heterocycles. The summed E-state index contributed by atoms with van der Waals surface area (Å²) in [6.45, 7) is 4.50. The van der Waals surface area contributed by atoms with Gasteiger partial charge in [-0.15, -0.1) is 0 Å². The molecule has 0 radical (unpaired) electrons. The highest BCUT2D eigenvalue weighted by Crippen LogP contribution is 2.38. The maximum absolute atomic E-state index is 11.4. The summed E-state index contributed by atoms with van der Waals surface area (Å²) in [6.07, 6.45) is -0.0523. The van der Waals surface area contributed by atoms with E-state index in [1.807, 2.05) is 74.1 Å².